The molecule has 0 aliphatic rings. The van der Waals surface area contributed by atoms with Crippen LogP contribution in [0.25, 0.3) is 11.2 Å². The van der Waals surface area contributed by atoms with Crippen LogP contribution in [-0.4, -0.2) is 18.7 Å². The molecule has 0 radical (unpaired) electrons. The highest BCUT2D eigenvalue weighted by molar-refractivity contribution is 6.16. The number of aryl methyl sites for hydroxylation is 2. The van der Waals surface area contributed by atoms with Crippen LogP contribution < -0.4 is 11.2 Å². The van der Waals surface area contributed by atoms with Crippen molar-refractivity contribution in [3.05, 3.63) is 26.7 Å². The molecule has 0 aromatic carbocycles. The monoisotopic (exact) mass is 284 g/mol. The fraction of sp³-hybridized carbons (Fsp3) is 0.583. The highest BCUT2D eigenvalue weighted by Crippen LogP contribution is 2.12. The van der Waals surface area contributed by atoms with E-state index in [1.54, 1.807) is 16.2 Å². The number of hydrogen-bond acceptors (Lipinski definition) is 3. The van der Waals surface area contributed by atoms with Crippen LogP contribution in [0.3, 0.4) is 0 Å². The fourth-order valence-corrected chi connectivity index (χ4v) is 2.35. The standard InChI is InChI=1S/C12H17ClN4O2/c1-4-5-6-17-10-9(11(18)16(3)12(17)19)15(2)8(7-13)14-10/h4-7H2,1-3H3. The number of nitrogens with zero attached hydrogens (tertiary/aromatic N) is 4. The van der Waals surface area contributed by atoms with Gasteiger partial charge in [-0.05, 0) is 6.42 Å². The number of unbranched alkanes of at least 4 members (excludes halogenated alkanes) is 1. The zero-order valence-corrected chi connectivity index (χ0v) is 12.1. The van der Waals surface area contributed by atoms with Gasteiger partial charge in [-0.25, -0.2) is 9.78 Å². The van der Waals surface area contributed by atoms with Gasteiger partial charge in [-0.2, -0.15) is 0 Å². The lowest BCUT2D eigenvalue weighted by molar-refractivity contribution is 0.583. The van der Waals surface area contributed by atoms with Gasteiger partial charge in [0.15, 0.2) is 11.2 Å². The molecule has 0 amide bonds. The van der Waals surface area contributed by atoms with Crippen LogP contribution in [0, 0.1) is 0 Å². The molecule has 0 unspecified atom stereocenters. The molecule has 2 rings (SSSR count). The van der Waals surface area contributed by atoms with E-state index in [9.17, 15) is 9.59 Å². The van der Waals surface area contributed by atoms with Crippen molar-refractivity contribution in [1.82, 2.24) is 18.7 Å². The average Bonchev–Trinajstić information content (AvgIpc) is 2.73. The fourth-order valence-electron chi connectivity index (χ4n) is 2.11. The number of halogens is 1. The van der Waals surface area contributed by atoms with Crippen molar-refractivity contribution in [2.24, 2.45) is 14.1 Å². The molecule has 0 aliphatic carbocycles. The first-order valence-electron chi connectivity index (χ1n) is 6.24. The summed E-state index contributed by atoms with van der Waals surface area (Å²) in [6, 6.07) is 0. The Hall–Kier alpha value is -1.56. The maximum Gasteiger partial charge on any atom is 0.332 e. The molecule has 0 saturated heterocycles. The summed E-state index contributed by atoms with van der Waals surface area (Å²) >= 11 is 5.81. The molecule has 104 valence electrons. The minimum atomic E-state index is -0.334. The van der Waals surface area contributed by atoms with Crippen molar-refractivity contribution >= 4 is 22.8 Å². The lowest BCUT2D eigenvalue weighted by atomic mass is 10.3. The molecular weight excluding hydrogens is 268 g/mol. The zero-order chi connectivity index (χ0) is 14.2. The van der Waals surface area contributed by atoms with Gasteiger partial charge in [0, 0.05) is 20.6 Å². The van der Waals surface area contributed by atoms with Gasteiger partial charge in [0.2, 0.25) is 0 Å². The molecule has 19 heavy (non-hydrogen) atoms. The summed E-state index contributed by atoms with van der Waals surface area (Å²) in [6.45, 7) is 2.60. The van der Waals surface area contributed by atoms with E-state index in [4.69, 9.17) is 11.6 Å². The van der Waals surface area contributed by atoms with E-state index in [1.807, 2.05) is 6.92 Å². The summed E-state index contributed by atoms with van der Waals surface area (Å²) in [6.07, 6.45) is 1.83. The topological polar surface area (TPSA) is 61.8 Å². The smallest absolute Gasteiger partial charge is 0.324 e. The van der Waals surface area contributed by atoms with E-state index in [2.05, 4.69) is 4.98 Å². The lowest BCUT2D eigenvalue weighted by Gasteiger charge is -2.08. The number of aromatic nitrogens is 4. The zero-order valence-electron chi connectivity index (χ0n) is 11.3. The van der Waals surface area contributed by atoms with Crippen LogP contribution in [-0.2, 0) is 26.5 Å². The van der Waals surface area contributed by atoms with Crippen molar-refractivity contribution in [1.29, 1.82) is 0 Å². The summed E-state index contributed by atoms with van der Waals surface area (Å²) in [4.78, 5) is 28.7. The first-order valence-corrected chi connectivity index (χ1v) is 6.77. The van der Waals surface area contributed by atoms with Gasteiger partial charge in [-0.1, -0.05) is 13.3 Å². The molecule has 7 heteroatoms. The van der Waals surface area contributed by atoms with Crippen LogP contribution in [0.1, 0.15) is 25.6 Å². The quantitative estimate of drug-likeness (QED) is 0.786. The van der Waals surface area contributed by atoms with Gasteiger partial charge >= 0.3 is 5.69 Å². The molecule has 0 bridgehead atoms. The van der Waals surface area contributed by atoms with Crippen LogP contribution in [0.15, 0.2) is 9.59 Å². The summed E-state index contributed by atoms with van der Waals surface area (Å²) in [5.41, 5.74) is 0.192. The second-order valence-electron chi connectivity index (χ2n) is 4.54. The molecule has 0 N–H and O–H groups in total. The van der Waals surface area contributed by atoms with Gasteiger partial charge < -0.3 is 4.57 Å². The Balaban J connectivity index is 2.87. The van der Waals surface area contributed by atoms with Crippen molar-refractivity contribution < 1.29 is 0 Å². The second-order valence-corrected chi connectivity index (χ2v) is 4.81. The highest BCUT2D eigenvalue weighted by atomic mass is 35.5. The first-order chi connectivity index (χ1) is 9.02. The summed E-state index contributed by atoms with van der Waals surface area (Å²) in [5.74, 6) is 0.792. The molecule has 6 nitrogen and oxygen atoms in total. The van der Waals surface area contributed by atoms with Gasteiger partial charge in [0.25, 0.3) is 5.56 Å². The third-order valence-electron chi connectivity index (χ3n) is 3.30. The van der Waals surface area contributed by atoms with Gasteiger partial charge in [0.05, 0.1) is 5.88 Å². The molecule has 2 aromatic heterocycles. The van der Waals surface area contributed by atoms with Crippen LogP contribution in [0.4, 0.5) is 0 Å². The SMILES string of the molecule is CCCCn1c(=O)n(C)c(=O)c2c1nc(CCl)n2C. The number of rotatable bonds is 4. The first kappa shape index (κ1) is 13.9. The van der Waals surface area contributed by atoms with Crippen LogP contribution >= 0.6 is 11.6 Å². The molecule has 0 spiro atoms. The van der Waals surface area contributed by atoms with Crippen LogP contribution in [0.2, 0.25) is 0 Å². The molecule has 2 aromatic rings. The molecule has 0 atom stereocenters. The van der Waals surface area contributed by atoms with Gasteiger partial charge in [-0.3, -0.25) is 13.9 Å². The molecule has 0 fully saturated rings. The van der Waals surface area contributed by atoms with Crippen LogP contribution in [0.5, 0.6) is 0 Å². The Labute approximate surface area is 115 Å². The largest absolute Gasteiger partial charge is 0.332 e. The number of alkyl halides is 1. The molecule has 0 aliphatic heterocycles. The van der Waals surface area contributed by atoms with Crippen molar-refractivity contribution in [2.45, 2.75) is 32.2 Å². The Morgan fingerprint density at radius 3 is 2.47 bits per heavy atom. The maximum absolute atomic E-state index is 12.2. The Kier molecular flexibility index (Phi) is 3.80. The van der Waals surface area contributed by atoms with E-state index in [0.29, 0.717) is 23.5 Å². The summed E-state index contributed by atoms with van der Waals surface area (Å²) in [7, 11) is 3.23. The third-order valence-corrected chi connectivity index (χ3v) is 3.54. The predicted molar refractivity (Wildman–Crippen MR) is 74.7 cm³/mol. The lowest BCUT2D eigenvalue weighted by Crippen LogP contribution is -2.38. The number of imidazole rings is 1. The number of fused-ring (bicyclic) bond motifs is 1. The van der Waals surface area contributed by atoms with E-state index in [1.165, 1.54) is 7.05 Å². The third kappa shape index (κ3) is 2.10. The van der Waals surface area contributed by atoms with E-state index >= 15 is 0 Å². The average molecular weight is 285 g/mol. The van der Waals surface area contributed by atoms with Crippen molar-refractivity contribution in [3.8, 4) is 0 Å². The second kappa shape index (κ2) is 5.21. The molecular formula is C12H17ClN4O2. The van der Waals surface area contributed by atoms with E-state index < -0.39 is 0 Å². The number of hydrogen-bond donors (Lipinski definition) is 0. The Bertz CT molecular complexity index is 726. The van der Waals surface area contributed by atoms with E-state index in [-0.39, 0.29) is 17.1 Å². The molecule has 2 heterocycles. The Morgan fingerprint density at radius 2 is 1.89 bits per heavy atom. The van der Waals surface area contributed by atoms with Crippen molar-refractivity contribution in [2.75, 3.05) is 0 Å². The van der Waals surface area contributed by atoms with Gasteiger partial charge in [-0.15, -0.1) is 11.6 Å². The van der Waals surface area contributed by atoms with Gasteiger partial charge in [0.1, 0.15) is 5.82 Å². The van der Waals surface area contributed by atoms with E-state index in [0.717, 1.165) is 17.4 Å². The van der Waals surface area contributed by atoms with Crippen molar-refractivity contribution in [3.63, 3.8) is 0 Å². The highest BCUT2D eigenvalue weighted by Gasteiger charge is 2.17. The summed E-state index contributed by atoms with van der Waals surface area (Å²) in [5, 5.41) is 0. The minimum Gasteiger partial charge on any atom is -0.324 e. The summed E-state index contributed by atoms with van der Waals surface area (Å²) < 4.78 is 4.33. The normalized spacial score (nSPS) is 11.4. The minimum absolute atomic E-state index is 0.205. The predicted octanol–water partition coefficient (Wildman–Crippen LogP) is 0.973. The Morgan fingerprint density at radius 1 is 1.21 bits per heavy atom. The molecule has 0 saturated carbocycles. The maximum atomic E-state index is 12.2.